The van der Waals surface area contributed by atoms with E-state index in [-0.39, 0.29) is 5.78 Å². The Kier molecular flexibility index (Phi) is 4.03. The molecule has 22 heavy (non-hydrogen) atoms. The highest BCUT2D eigenvalue weighted by molar-refractivity contribution is 9.10. The van der Waals surface area contributed by atoms with Gasteiger partial charge in [0.05, 0.1) is 17.5 Å². The minimum absolute atomic E-state index is 0.0935. The van der Waals surface area contributed by atoms with Crippen molar-refractivity contribution in [1.29, 1.82) is 0 Å². The molecule has 0 saturated carbocycles. The molecule has 0 N–H and O–H groups in total. The van der Waals surface area contributed by atoms with Crippen LogP contribution in [0.5, 0.6) is 0 Å². The molecule has 0 aliphatic rings. The largest absolute Gasteiger partial charge is 0.294 e. The quantitative estimate of drug-likeness (QED) is 0.653. The molecule has 4 heteroatoms. The van der Waals surface area contributed by atoms with Gasteiger partial charge in [0, 0.05) is 21.9 Å². The third-order valence-electron chi connectivity index (χ3n) is 3.60. The molecule has 0 unspecified atom stereocenters. The van der Waals surface area contributed by atoms with Crippen molar-refractivity contribution in [1.82, 2.24) is 9.97 Å². The maximum Gasteiger partial charge on any atom is 0.169 e. The van der Waals surface area contributed by atoms with E-state index >= 15 is 0 Å². The number of carbonyl (C=O) groups is 1. The first-order valence-corrected chi connectivity index (χ1v) is 7.84. The molecular weight excluding hydrogens is 340 g/mol. The fourth-order valence-corrected chi connectivity index (χ4v) is 2.74. The number of aryl methyl sites for hydroxylation is 2. The van der Waals surface area contributed by atoms with Crippen molar-refractivity contribution in [3.8, 4) is 0 Å². The van der Waals surface area contributed by atoms with Gasteiger partial charge in [-0.15, -0.1) is 0 Å². The van der Waals surface area contributed by atoms with Gasteiger partial charge < -0.3 is 0 Å². The molecule has 0 aliphatic carbocycles. The molecule has 0 radical (unpaired) electrons. The van der Waals surface area contributed by atoms with Crippen molar-refractivity contribution in [2.24, 2.45) is 0 Å². The van der Waals surface area contributed by atoms with Crippen molar-refractivity contribution < 1.29 is 4.79 Å². The van der Waals surface area contributed by atoms with E-state index in [4.69, 9.17) is 0 Å². The highest BCUT2D eigenvalue weighted by Gasteiger charge is 2.11. The van der Waals surface area contributed by atoms with Crippen molar-refractivity contribution in [3.05, 3.63) is 69.5 Å². The lowest BCUT2D eigenvalue weighted by atomic mass is 9.99. The van der Waals surface area contributed by atoms with E-state index in [1.165, 1.54) is 0 Å². The lowest BCUT2D eigenvalue weighted by Crippen LogP contribution is -2.07. The number of Topliss-reactive ketones (excluding diaryl/α,β-unsaturated/α-hetero) is 1. The van der Waals surface area contributed by atoms with Gasteiger partial charge in [0.15, 0.2) is 5.78 Å². The SMILES string of the molecule is Cc1ccc(C)c(C(=O)Cc2ccc3ncc(Br)cc3n2)c1. The van der Waals surface area contributed by atoms with Crippen LogP contribution in [0, 0.1) is 13.8 Å². The maximum absolute atomic E-state index is 12.5. The van der Waals surface area contributed by atoms with E-state index in [1.807, 2.05) is 50.2 Å². The Bertz CT molecular complexity index is 874. The van der Waals surface area contributed by atoms with Crippen LogP contribution in [-0.2, 0) is 6.42 Å². The number of halogens is 1. The topological polar surface area (TPSA) is 42.9 Å². The van der Waals surface area contributed by atoms with Crippen LogP contribution in [0.25, 0.3) is 11.0 Å². The number of hydrogen-bond donors (Lipinski definition) is 0. The second kappa shape index (κ2) is 5.97. The summed E-state index contributed by atoms with van der Waals surface area (Å²) in [4.78, 5) is 21.4. The highest BCUT2D eigenvalue weighted by Crippen LogP contribution is 2.18. The van der Waals surface area contributed by atoms with E-state index < -0.39 is 0 Å². The third kappa shape index (κ3) is 3.07. The van der Waals surface area contributed by atoms with Crippen LogP contribution in [0.3, 0.4) is 0 Å². The first-order valence-electron chi connectivity index (χ1n) is 7.04. The number of hydrogen-bond acceptors (Lipinski definition) is 3. The molecule has 0 bridgehead atoms. The molecule has 0 atom stereocenters. The Balaban J connectivity index is 1.92. The minimum atomic E-state index is 0.0935. The number of rotatable bonds is 3. The van der Waals surface area contributed by atoms with Crippen LogP contribution in [0.4, 0.5) is 0 Å². The Hall–Kier alpha value is -2.07. The molecule has 110 valence electrons. The van der Waals surface area contributed by atoms with Crippen LogP contribution in [0.15, 0.2) is 47.1 Å². The molecule has 0 saturated heterocycles. The van der Waals surface area contributed by atoms with E-state index in [0.29, 0.717) is 6.42 Å². The van der Waals surface area contributed by atoms with Gasteiger partial charge in [0.2, 0.25) is 0 Å². The first-order chi connectivity index (χ1) is 10.5. The van der Waals surface area contributed by atoms with E-state index in [2.05, 4.69) is 25.9 Å². The Morgan fingerprint density at radius 1 is 1.09 bits per heavy atom. The summed E-state index contributed by atoms with van der Waals surface area (Å²) >= 11 is 3.39. The monoisotopic (exact) mass is 354 g/mol. The zero-order valence-corrected chi connectivity index (χ0v) is 14.0. The summed E-state index contributed by atoms with van der Waals surface area (Å²) in [5.41, 5.74) is 5.24. The molecule has 3 aromatic rings. The smallest absolute Gasteiger partial charge is 0.169 e. The van der Waals surface area contributed by atoms with E-state index in [9.17, 15) is 4.79 Å². The molecule has 3 rings (SSSR count). The highest BCUT2D eigenvalue weighted by atomic mass is 79.9. The Morgan fingerprint density at radius 2 is 1.91 bits per heavy atom. The molecule has 0 fully saturated rings. The van der Waals surface area contributed by atoms with Crippen molar-refractivity contribution in [3.63, 3.8) is 0 Å². The average Bonchev–Trinajstić information content (AvgIpc) is 2.49. The van der Waals surface area contributed by atoms with Crippen molar-refractivity contribution in [2.75, 3.05) is 0 Å². The summed E-state index contributed by atoms with van der Waals surface area (Å²) < 4.78 is 0.880. The molecule has 3 nitrogen and oxygen atoms in total. The number of carbonyl (C=O) groups excluding carboxylic acids is 1. The summed E-state index contributed by atoms with van der Waals surface area (Å²) in [5, 5.41) is 0. The van der Waals surface area contributed by atoms with E-state index in [0.717, 1.165) is 37.9 Å². The standard InChI is InChI=1S/C18H15BrN2O/c1-11-3-4-12(2)15(7-11)18(22)9-14-5-6-16-17(21-14)8-13(19)10-20-16/h3-8,10H,9H2,1-2H3. The van der Waals surface area contributed by atoms with Gasteiger partial charge in [-0.05, 0) is 59.6 Å². The fraction of sp³-hybridized carbons (Fsp3) is 0.167. The van der Waals surface area contributed by atoms with Gasteiger partial charge in [-0.1, -0.05) is 17.7 Å². The van der Waals surface area contributed by atoms with Gasteiger partial charge >= 0.3 is 0 Å². The number of aromatic nitrogens is 2. The third-order valence-corrected chi connectivity index (χ3v) is 4.03. The Labute approximate surface area is 137 Å². The summed E-state index contributed by atoms with van der Waals surface area (Å²) in [7, 11) is 0. The first kappa shape index (κ1) is 14.9. The molecular formula is C18H15BrN2O. The van der Waals surface area contributed by atoms with Gasteiger partial charge in [0.1, 0.15) is 0 Å². The Morgan fingerprint density at radius 3 is 2.73 bits per heavy atom. The molecule has 0 spiro atoms. The lowest BCUT2D eigenvalue weighted by molar-refractivity contribution is 0.0991. The summed E-state index contributed by atoms with van der Waals surface area (Å²) in [6.07, 6.45) is 2.04. The summed E-state index contributed by atoms with van der Waals surface area (Å²) in [5.74, 6) is 0.0935. The molecule has 1 aromatic carbocycles. The lowest BCUT2D eigenvalue weighted by Gasteiger charge is -2.07. The maximum atomic E-state index is 12.5. The zero-order chi connectivity index (χ0) is 15.7. The van der Waals surface area contributed by atoms with Gasteiger partial charge in [-0.25, -0.2) is 0 Å². The second-order valence-electron chi connectivity index (χ2n) is 5.41. The fourth-order valence-electron chi connectivity index (χ4n) is 2.42. The van der Waals surface area contributed by atoms with Crippen LogP contribution < -0.4 is 0 Å². The number of fused-ring (bicyclic) bond motifs is 1. The van der Waals surface area contributed by atoms with Gasteiger partial charge in [-0.3, -0.25) is 14.8 Å². The number of benzene rings is 1. The number of ketones is 1. The minimum Gasteiger partial charge on any atom is -0.294 e. The van der Waals surface area contributed by atoms with Gasteiger partial charge in [-0.2, -0.15) is 0 Å². The van der Waals surface area contributed by atoms with Crippen molar-refractivity contribution in [2.45, 2.75) is 20.3 Å². The molecule has 0 amide bonds. The van der Waals surface area contributed by atoms with Crippen molar-refractivity contribution >= 4 is 32.7 Å². The summed E-state index contributed by atoms with van der Waals surface area (Å²) in [6.45, 7) is 3.95. The van der Waals surface area contributed by atoms with E-state index in [1.54, 1.807) is 6.20 Å². The second-order valence-corrected chi connectivity index (χ2v) is 6.33. The molecule has 0 aliphatic heterocycles. The predicted molar refractivity (Wildman–Crippen MR) is 91.2 cm³/mol. The molecule has 2 aromatic heterocycles. The molecule has 2 heterocycles. The van der Waals surface area contributed by atoms with Crippen LogP contribution in [-0.4, -0.2) is 15.8 Å². The van der Waals surface area contributed by atoms with Crippen LogP contribution >= 0.6 is 15.9 Å². The van der Waals surface area contributed by atoms with Crippen LogP contribution in [0.1, 0.15) is 27.2 Å². The normalized spacial score (nSPS) is 10.9. The number of nitrogens with zero attached hydrogens (tertiary/aromatic N) is 2. The van der Waals surface area contributed by atoms with Crippen LogP contribution in [0.2, 0.25) is 0 Å². The summed E-state index contributed by atoms with van der Waals surface area (Å²) in [6, 6.07) is 11.6. The average molecular weight is 355 g/mol. The predicted octanol–water partition coefficient (Wildman–Crippen LogP) is 4.43. The van der Waals surface area contributed by atoms with Gasteiger partial charge in [0.25, 0.3) is 0 Å². The zero-order valence-electron chi connectivity index (χ0n) is 12.4. The number of pyridine rings is 2.